The molecule has 1 aromatic rings. The summed E-state index contributed by atoms with van der Waals surface area (Å²) >= 11 is 0. The fraction of sp³-hybridized carbons (Fsp3) is 0.471. The highest BCUT2D eigenvalue weighted by Crippen LogP contribution is 2.13. The second-order valence-corrected chi connectivity index (χ2v) is 5.40. The van der Waals surface area contributed by atoms with E-state index in [9.17, 15) is 4.79 Å². The number of aliphatic hydroxyl groups is 1. The zero-order chi connectivity index (χ0) is 15.2. The summed E-state index contributed by atoms with van der Waals surface area (Å²) < 4.78 is 0. The van der Waals surface area contributed by atoms with Crippen molar-refractivity contribution in [1.29, 1.82) is 0 Å². The van der Waals surface area contributed by atoms with Gasteiger partial charge in [-0.3, -0.25) is 4.79 Å². The molecular weight excluding hydrogens is 264 g/mol. The van der Waals surface area contributed by atoms with Crippen LogP contribution in [0.2, 0.25) is 0 Å². The molecule has 2 rings (SSSR count). The van der Waals surface area contributed by atoms with Crippen LogP contribution < -0.4 is 0 Å². The van der Waals surface area contributed by atoms with Crippen molar-refractivity contribution in [3.63, 3.8) is 0 Å². The third-order valence-corrected chi connectivity index (χ3v) is 3.72. The fourth-order valence-corrected chi connectivity index (χ4v) is 2.34. The number of hydrogen-bond donors (Lipinski definition) is 1. The number of benzene rings is 1. The van der Waals surface area contributed by atoms with Crippen molar-refractivity contribution in [2.45, 2.75) is 13.3 Å². The number of carbonyl (C=O) groups is 1. The van der Waals surface area contributed by atoms with Crippen molar-refractivity contribution in [2.75, 3.05) is 39.8 Å². The SMILES string of the molecule is Cc1cc(C(=O)N2CCN(C)CC2)ccc1C#CCCO. The maximum absolute atomic E-state index is 12.5. The summed E-state index contributed by atoms with van der Waals surface area (Å²) in [4.78, 5) is 16.6. The summed E-state index contributed by atoms with van der Waals surface area (Å²) in [5.41, 5.74) is 2.64. The number of piperazine rings is 1. The van der Waals surface area contributed by atoms with Crippen LogP contribution in [-0.2, 0) is 0 Å². The van der Waals surface area contributed by atoms with E-state index in [1.807, 2.05) is 30.0 Å². The van der Waals surface area contributed by atoms with Gasteiger partial charge in [-0.1, -0.05) is 11.8 Å². The topological polar surface area (TPSA) is 43.8 Å². The maximum atomic E-state index is 12.5. The monoisotopic (exact) mass is 286 g/mol. The van der Waals surface area contributed by atoms with Gasteiger partial charge in [-0.15, -0.1) is 0 Å². The first kappa shape index (κ1) is 15.6. The van der Waals surface area contributed by atoms with Crippen molar-refractivity contribution >= 4 is 5.91 Å². The lowest BCUT2D eigenvalue weighted by Crippen LogP contribution is -2.47. The van der Waals surface area contributed by atoms with E-state index in [0.717, 1.165) is 42.9 Å². The van der Waals surface area contributed by atoms with E-state index in [4.69, 9.17) is 5.11 Å². The lowest BCUT2D eigenvalue weighted by molar-refractivity contribution is 0.0664. The van der Waals surface area contributed by atoms with E-state index in [1.165, 1.54) is 0 Å². The van der Waals surface area contributed by atoms with Crippen LogP contribution in [0, 0.1) is 18.8 Å². The Morgan fingerprint density at radius 3 is 2.62 bits per heavy atom. The van der Waals surface area contributed by atoms with Gasteiger partial charge in [0.1, 0.15) is 0 Å². The Balaban J connectivity index is 2.09. The predicted octanol–water partition coefficient (Wildman–Crippen LogP) is 1.12. The molecule has 1 amide bonds. The molecule has 1 saturated heterocycles. The maximum Gasteiger partial charge on any atom is 0.253 e. The third kappa shape index (κ3) is 4.07. The molecule has 1 N–H and O–H groups in total. The molecule has 4 nitrogen and oxygen atoms in total. The number of hydrogen-bond acceptors (Lipinski definition) is 3. The Hall–Kier alpha value is -1.83. The van der Waals surface area contributed by atoms with Gasteiger partial charge < -0.3 is 14.9 Å². The van der Waals surface area contributed by atoms with E-state index >= 15 is 0 Å². The van der Waals surface area contributed by atoms with Crippen LogP contribution in [0.15, 0.2) is 18.2 Å². The molecule has 1 aliphatic rings. The van der Waals surface area contributed by atoms with Gasteiger partial charge >= 0.3 is 0 Å². The van der Waals surface area contributed by atoms with Gasteiger partial charge in [0.15, 0.2) is 0 Å². The van der Waals surface area contributed by atoms with Crippen LogP contribution in [0.25, 0.3) is 0 Å². The lowest BCUT2D eigenvalue weighted by Gasteiger charge is -2.32. The molecule has 0 aliphatic carbocycles. The Morgan fingerprint density at radius 2 is 2.00 bits per heavy atom. The normalized spacial score (nSPS) is 15.5. The first-order chi connectivity index (χ1) is 10.1. The van der Waals surface area contributed by atoms with Gasteiger partial charge in [0.2, 0.25) is 0 Å². The molecule has 0 saturated carbocycles. The minimum atomic E-state index is 0.0754. The van der Waals surface area contributed by atoms with Crippen molar-refractivity contribution in [2.24, 2.45) is 0 Å². The van der Waals surface area contributed by atoms with Crippen LogP contribution in [-0.4, -0.2) is 60.6 Å². The van der Waals surface area contributed by atoms with E-state index < -0.39 is 0 Å². The summed E-state index contributed by atoms with van der Waals surface area (Å²) in [5, 5.41) is 8.74. The number of rotatable bonds is 2. The molecule has 1 heterocycles. The molecule has 0 aromatic heterocycles. The average Bonchev–Trinajstić information content (AvgIpc) is 2.49. The van der Waals surface area contributed by atoms with E-state index in [0.29, 0.717) is 6.42 Å². The zero-order valence-corrected chi connectivity index (χ0v) is 12.7. The van der Waals surface area contributed by atoms with Crippen LogP contribution in [0.4, 0.5) is 0 Å². The molecule has 0 atom stereocenters. The van der Waals surface area contributed by atoms with Crippen LogP contribution >= 0.6 is 0 Å². The lowest BCUT2D eigenvalue weighted by atomic mass is 10.0. The molecule has 0 bridgehead atoms. The van der Waals surface area contributed by atoms with Gasteiger partial charge in [0, 0.05) is 43.7 Å². The third-order valence-electron chi connectivity index (χ3n) is 3.72. The van der Waals surface area contributed by atoms with Crippen molar-refractivity contribution in [1.82, 2.24) is 9.80 Å². The van der Waals surface area contributed by atoms with E-state index in [1.54, 1.807) is 0 Å². The predicted molar refractivity (Wildman–Crippen MR) is 83.2 cm³/mol. The highest BCUT2D eigenvalue weighted by atomic mass is 16.2. The number of amides is 1. The number of nitrogens with zero attached hydrogens (tertiary/aromatic N) is 2. The smallest absolute Gasteiger partial charge is 0.253 e. The molecule has 0 radical (unpaired) electrons. The summed E-state index contributed by atoms with van der Waals surface area (Å²) in [6, 6.07) is 5.64. The van der Waals surface area contributed by atoms with Gasteiger partial charge in [-0.25, -0.2) is 0 Å². The molecular formula is C17H22N2O2. The Morgan fingerprint density at radius 1 is 1.29 bits per heavy atom. The number of likely N-dealkylation sites (N-methyl/N-ethyl adjacent to an activating group) is 1. The Kier molecular flexibility index (Phi) is 5.38. The zero-order valence-electron chi connectivity index (χ0n) is 12.7. The number of aryl methyl sites for hydroxylation is 1. The first-order valence-corrected chi connectivity index (χ1v) is 7.30. The van der Waals surface area contributed by atoms with Gasteiger partial charge in [0.05, 0.1) is 6.61 Å². The summed E-state index contributed by atoms with van der Waals surface area (Å²) in [6.07, 6.45) is 0.474. The standard InChI is InChI=1S/C17H22N2O2/c1-14-13-16(7-6-15(14)5-3-4-12-20)17(21)19-10-8-18(2)9-11-19/h6-7,13,20H,4,8-12H2,1-2H3. The molecule has 21 heavy (non-hydrogen) atoms. The summed E-state index contributed by atoms with van der Waals surface area (Å²) in [7, 11) is 2.08. The van der Waals surface area contributed by atoms with Crippen LogP contribution in [0.3, 0.4) is 0 Å². The quantitative estimate of drug-likeness (QED) is 0.829. The van der Waals surface area contributed by atoms with E-state index in [-0.39, 0.29) is 12.5 Å². The molecule has 1 aliphatic heterocycles. The fourth-order valence-electron chi connectivity index (χ4n) is 2.34. The highest BCUT2D eigenvalue weighted by Gasteiger charge is 2.20. The second kappa shape index (κ2) is 7.26. The van der Waals surface area contributed by atoms with Crippen molar-refractivity contribution in [3.8, 4) is 11.8 Å². The highest BCUT2D eigenvalue weighted by molar-refractivity contribution is 5.94. The van der Waals surface area contributed by atoms with Crippen LogP contribution in [0.1, 0.15) is 27.9 Å². The molecule has 1 aromatic carbocycles. The number of carbonyl (C=O) groups excluding carboxylic acids is 1. The molecule has 4 heteroatoms. The van der Waals surface area contributed by atoms with Gasteiger partial charge in [-0.2, -0.15) is 0 Å². The minimum Gasteiger partial charge on any atom is -0.395 e. The largest absolute Gasteiger partial charge is 0.395 e. The second-order valence-electron chi connectivity index (χ2n) is 5.40. The van der Waals surface area contributed by atoms with E-state index in [2.05, 4.69) is 23.8 Å². The molecule has 0 spiro atoms. The number of aliphatic hydroxyl groups excluding tert-OH is 1. The molecule has 0 unspecified atom stereocenters. The Labute approximate surface area is 126 Å². The summed E-state index contributed by atoms with van der Waals surface area (Å²) in [5.74, 6) is 6.03. The van der Waals surface area contributed by atoms with Gasteiger partial charge in [0.25, 0.3) is 5.91 Å². The molecule has 112 valence electrons. The minimum absolute atomic E-state index is 0.0754. The van der Waals surface area contributed by atoms with Crippen molar-refractivity contribution < 1.29 is 9.90 Å². The van der Waals surface area contributed by atoms with Crippen LogP contribution in [0.5, 0.6) is 0 Å². The Bertz CT molecular complexity index is 564. The van der Waals surface area contributed by atoms with Gasteiger partial charge in [-0.05, 0) is 37.7 Å². The molecule has 1 fully saturated rings. The summed E-state index contributed by atoms with van der Waals surface area (Å²) in [6.45, 7) is 5.46. The first-order valence-electron chi connectivity index (χ1n) is 7.30. The van der Waals surface area contributed by atoms with Crippen molar-refractivity contribution in [3.05, 3.63) is 34.9 Å². The average molecular weight is 286 g/mol.